The molecule has 2 rings (SSSR count). The minimum Gasteiger partial charge on any atom is -0.392 e. The highest BCUT2D eigenvalue weighted by Gasteiger charge is 2.32. The SMILES string of the molecule is CC1(CN2CC[C@@H](O)C2)CCCC1. The molecule has 13 heavy (non-hydrogen) atoms. The van der Waals surface area contributed by atoms with Crippen molar-refractivity contribution in [3.05, 3.63) is 0 Å². The van der Waals surface area contributed by atoms with E-state index in [1.807, 2.05) is 0 Å². The first-order chi connectivity index (χ1) is 6.18. The molecule has 2 fully saturated rings. The molecule has 2 aliphatic rings. The van der Waals surface area contributed by atoms with Crippen LogP contribution < -0.4 is 0 Å². The molecule has 76 valence electrons. The summed E-state index contributed by atoms with van der Waals surface area (Å²) in [6.45, 7) is 5.64. The summed E-state index contributed by atoms with van der Waals surface area (Å²) in [5.41, 5.74) is 0.560. The smallest absolute Gasteiger partial charge is 0.0679 e. The first-order valence-corrected chi connectivity index (χ1v) is 5.58. The summed E-state index contributed by atoms with van der Waals surface area (Å²) in [5, 5.41) is 9.42. The maximum absolute atomic E-state index is 9.42. The molecule has 1 heterocycles. The normalized spacial score (nSPS) is 34.2. The highest BCUT2D eigenvalue weighted by molar-refractivity contribution is 4.86. The van der Waals surface area contributed by atoms with Crippen molar-refractivity contribution in [3.8, 4) is 0 Å². The summed E-state index contributed by atoms with van der Waals surface area (Å²) in [7, 11) is 0. The summed E-state index contributed by atoms with van der Waals surface area (Å²) in [6, 6.07) is 0. The minimum absolute atomic E-state index is 0.0509. The van der Waals surface area contributed by atoms with Crippen LogP contribution in [-0.2, 0) is 0 Å². The van der Waals surface area contributed by atoms with Crippen LogP contribution >= 0.6 is 0 Å². The highest BCUT2D eigenvalue weighted by Crippen LogP contribution is 2.38. The summed E-state index contributed by atoms with van der Waals surface area (Å²) in [6.07, 6.45) is 6.53. The number of nitrogens with zero attached hydrogens (tertiary/aromatic N) is 1. The van der Waals surface area contributed by atoms with Crippen LogP contribution in [0.5, 0.6) is 0 Å². The number of hydrogen-bond donors (Lipinski definition) is 1. The number of aliphatic hydroxyl groups is 1. The van der Waals surface area contributed by atoms with E-state index < -0.39 is 0 Å². The van der Waals surface area contributed by atoms with Gasteiger partial charge in [-0.15, -0.1) is 0 Å². The van der Waals surface area contributed by atoms with Crippen LogP contribution in [0, 0.1) is 5.41 Å². The van der Waals surface area contributed by atoms with Gasteiger partial charge in [0, 0.05) is 19.6 Å². The molecule has 1 N–H and O–H groups in total. The Kier molecular flexibility index (Phi) is 2.61. The van der Waals surface area contributed by atoms with Crippen molar-refractivity contribution in [1.82, 2.24) is 4.90 Å². The van der Waals surface area contributed by atoms with Crippen molar-refractivity contribution < 1.29 is 5.11 Å². The number of likely N-dealkylation sites (tertiary alicyclic amines) is 1. The first kappa shape index (κ1) is 9.47. The van der Waals surface area contributed by atoms with E-state index in [9.17, 15) is 5.11 Å². The van der Waals surface area contributed by atoms with Crippen LogP contribution in [0.2, 0.25) is 0 Å². The van der Waals surface area contributed by atoms with E-state index in [-0.39, 0.29) is 6.10 Å². The molecule has 2 nitrogen and oxygen atoms in total. The van der Waals surface area contributed by atoms with Gasteiger partial charge >= 0.3 is 0 Å². The summed E-state index contributed by atoms with van der Waals surface area (Å²) >= 11 is 0. The van der Waals surface area contributed by atoms with Gasteiger partial charge in [0.05, 0.1) is 6.10 Å². The van der Waals surface area contributed by atoms with Crippen LogP contribution in [0.1, 0.15) is 39.0 Å². The lowest BCUT2D eigenvalue weighted by atomic mass is 9.88. The van der Waals surface area contributed by atoms with E-state index in [1.54, 1.807) is 0 Å². The Hall–Kier alpha value is -0.0800. The lowest BCUT2D eigenvalue weighted by molar-refractivity contribution is 0.150. The number of hydrogen-bond acceptors (Lipinski definition) is 2. The van der Waals surface area contributed by atoms with E-state index in [4.69, 9.17) is 0 Å². The van der Waals surface area contributed by atoms with Gasteiger partial charge < -0.3 is 10.0 Å². The predicted octanol–water partition coefficient (Wildman–Crippen LogP) is 1.63. The zero-order valence-corrected chi connectivity index (χ0v) is 8.63. The fourth-order valence-electron chi connectivity index (χ4n) is 2.88. The second-order valence-electron chi connectivity index (χ2n) is 5.20. The Morgan fingerprint density at radius 3 is 2.62 bits per heavy atom. The molecule has 0 radical (unpaired) electrons. The molecule has 0 unspecified atom stereocenters. The second-order valence-corrected chi connectivity index (χ2v) is 5.20. The van der Waals surface area contributed by atoms with E-state index in [2.05, 4.69) is 11.8 Å². The average molecular weight is 183 g/mol. The largest absolute Gasteiger partial charge is 0.392 e. The van der Waals surface area contributed by atoms with Crippen molar-refractivity contribution in [1.29, 1.82) is 0 Å². The quantitative estimate of drug-likeness (QED) is 0.703. The van der Waals surface area contributed by atoms with Gasteiger partial charge in [0.15, 0.2) is 0 Å². The van der Waals surface area contributed by atoms with Gasteiger partial charge in [-0.25, -0.2) is 0 Å². The van der Waals surface area contributed by atoms with Crippen molar-refractivity contribution in [3.63, 3.8) is 0 Å². The van der Waals surface area contributed by atoms with E-state index >= 15 is 0 Å². The summed E-state index contributed by atoms with van der Waals surface area (Å²) < 4.78 is 0. The Morgan fingerprint density at radius 2 is 2.08 bits per heavy atom. The predicted molar refractivity (Wildman–Crippen MR) is 53.6 cm³/mol. The van der Waals surface area contributed by atoms with Crippen LogP contribution in [0.15, 0.2) is 0 Å². The molecule has 1 atom stereocenters. The van der Waals surface area contributed by atoms with Crippen LogP contribution in [0.3, 0.4) is 0 Å². The molecular formula is C11H21NO. The number of rotatable bonds is 2. The third-order valence-electron chi connectivity index (χ3n) is 3.66. The molecule has 0 aromatic carbocycles. The van der Waals surface area contributed by atoms with Crippen molar-refractivity contribution in [2.45, 2.75) is 45.1 Å². The summed E-state index contributed by atoms with van der Waals surface area (Å²) in [5.74, 6) is 0. The average Bonchev–Trinajstić information content (AvgIpc) is 2.62. The third kappa shape index (κ3) is 2.23. The fourth-order valence-corrected chi connectivity index (χ4v) is 2.88. The molecule has 0 amide bonds. The third-order valence-corrected chi connectivity index (χ3v) is 3.66. The first-order valence-electron chi connectivity index (χ1n) is 5.58. The molecule has 1 saturated heterocycles. The Balaban J connectivity index is 1.83. The molecule has 2 heteroatoms. The number of aliphatic hydroxyl groups excluding tert-OH is 1. The monoisotopic (exact) mass is 183 g/mol. The maximum Gasteiger partial charge on any atom is 0.0679 e. The topological polar surface area (TPSA) is 23.5 Å². The van der Waals surface area contributed by atoms with Crippen molar-refractivity contribution in [2.75, 3.05) is 19.6 Å². The van der Waals surface area contributed by atoms with Gasteiger partial charge in [0.25, 0.3) is 0 Å². The highest BCUT2D eigenvalue weighted by atomic mass is 16.3. The zero-order chi connectivity index (χ0) is 9.31. The van der Waals surface area contributed by atoms with Gasteiger partial charge in [-0.05, 0) is 24.7 Å². The second kappa shape index (κ2) is 3.58. The fraction of sp³-hybridized carbons (Fsp3) is 1.00. The summed E-state index contributed by atoms with van der Waals surface area (Å²) in [4.78, 5) is 2.44. The Bertz CT molecular complexity index is 175. The maximum atomic E-state index is 9.42. The molecule has 0 spiro atoms. The van der Waals surface area contributed by atoms with Gasteiger partial charge in [-0.2, -0.15) is 0 Å². The molecular weight excluding hydrogens is 162 g/mol. The molecule has 1 saturated carbocycles. The molecule has 0 bridgehead atoms. The van der Waals surface area contributed by atoms with E-state index in [0.717, 1.165) is 19.5 Å². The molecule has 1 aliphatic carbocycles. The number of β-amino-alcohol motifs (C(OH)–C–C–N with tert-alkyl or cyclic N) is 1. The molecule has 0 aromatic heterocycles. The van der Waals surface area contributed by atoms with Gasteiger partial charge in [0.1, 0.15) is 0 Å². The van der Waals surface area contributed by atoms with Gasteiger partial charge in [0.2, 0.25) is 0 Å². The van der Waals surface area contributed by atoms with E-state index in [0.29, 0.717) is 5.41 Å². The lowest BCUT2D eigenvalue weighted by Gasteiger charge is -2.29. The lowest BCUT2D eigenvalue weighted by Crippen LogP contribution is -2.33. The molecule has 1 aliphatic heterocycles. The minimum atomic E-state index is -0.0509. The van der Waals surface area contributed by atoms with E-state index in [1.165, 1.54) is 32.2 Å². The van der Waals surface area contributed by atoms with Gasteiger partial charge in [-0.1, -0.05) is 19.8 Å². The van der Waals surface area contributed by atoms with Crippen molar-refractivity contribution in [2.24, 2.45) is 5.41 Å². The standard InChI is InChI=1S/C11H21NO/c1-11(5-2-3-6-11)9-12-7-4-10(13)8-12/h10,13H,2-9H2,1H3/t10-/m1/s1. The van der Waals surface area contributed by atoms with Crippen LogP contribution in [0.25, 0.3) is 0 Å². The van der Waals surface area contributed by atoms with Crippen LogP contribution in [0.4, 0.5) is 0 Å². The Labute approximate surface area is 80.9 Å². The van der Waals surface area contributed by atoms with Gasteiger partial charge in [-0.3, -0.25) is 0 Å². The zero-order valence-electron chi connectivity index (χ0n) is 8.63. The molecule has 0 aromatic rings. The van der Waals surface area contributed by atoms with Crippen molar-refractivity contribution >= 4 is 0 Å². The Morgan fingerprint density at radius 1 is 1.38 bits per heavy atom. The van der Waals surface area contributed by atoms with Crippen LogP contribution in [-0.4, -0.2) is 35.7 Å².